The molecule has 0 aliphatic carbocycles. The summed E-state index contributed by atoms with van der Waals surface area (Å²) in [5.74, 6) is -2.32. The molecule has 0 aromatic heterocycles. The topological polar surface area (TPSA) is 229 Å². The van der Waals surface area contributed by atoms with Crippen LogP contribution in [0.5, 0.6) is 11.5 Å². The highest BCUT2D eigenvalue weighted by Gasteiger charge is 2.31. The number of nitrogens with one attached hydrogen (secondary N) is 3. The van der Waals surface area contributed by atoms with E-state index in [1.54, 1.807) is 38.1 Å². The number of rotatable bonds is 17. The van der Waals surface area contributed by atoms with Gasteiger partial charge in [0, 0.05) is 13.0 Å². The first kappa shape index (κ1) is 34.6. The van der Waals surface area contributed by atoms with Gasteiger partial charge in [-0.1, -0.05) is 38.1 Å². The number of amides is 3. The number of hydrogen-bond acceptors (Lipinski definition) is 8. The maximum Gasteiger partial charge on any atom is 0.249 e. The monoisotopic (exact) mass is 598 g/mol. The zero-order valence-electron chi connectivity index (χ0n) is 24.4. The van der Waals surface area contributed by atoms with E-state index < -0.39 is 42.0 Å². The van der Waals surface area contributed by atoms with Crippen molar-refractivity contribution in [1.29, 1.82) is 0 Å². The molecule has 0 saturated carbocycles. The van der Waals surface area contributed by atoms with Gasteiger partial charge in [0.1, 0.15) is 36.0 Å². The number of nitrogens with zero attached hydrogens (tertiary/aromatic N) is 1. The first-order valence-electron chi connectivity index (χ1n) is 14.0. The van der Waals surface area contributed by atoms with E-state index in [1.165, 1.54) is 24.3 Å². The van der Waals surface area contributed by atoms with Crippen molar-refractivity contribution >= 4 is 30.0 Å². The Bertz CT molecular complexity index is 1230. The number of benzene rings is 2. The summed E-state index contributed by atoms with van der Waals surface area (Å²) in [5.41, 5.74) is 12.0. The Balaban J connectivity index is 2.13. The number of hydrogen-bond donors (Lipinski definition) is 8. The summed E-state index contributed by atoms with van der Waals surface area (Å²) in [6.07, 6.45) is 0.267. The number of aryl methyl sites for hydroxylation is 1. The minimum atomic E-state index is -1.48. The molecule has 3 amide bonds. The summed E-state index contributed by atoms with van der Waals surface area (Å²) in [6.45, 7) is 3.74. The number of guanidine groups is 1. The number of phenolic OH excluding ortho intramolecular Hbond substituents is 2. The Morgan fingerprint density at radius 2 is 1.42 bits per heavy atom. The molecule has 0 spiro atoms. The molecule has 2 aromatic rings. The SMILES string of the molecule is CC(C)C(NC(=O)C(CCc1ccc(O)cc1)NC(=O)C(O)Cc1ccc(O)cc1)C(=O)NC(C=O)CCCN=C(N)N. The van der Waals surface area contributed by atoms with E-state index in [0.29, 0.717) is 24.7 Å². The average molecular weight is 599 g/mol. The molecule has 0 aliphatic heterocycles. The predicted octanol–water partition coefficient (Wildman–Crippen LogP) is -0.00310. The van der Waals surface area contributed by atoms with Crippen molar-refractivity contribution in [2.45, 2.75) is 70.2 Å². The van der Waals surface area contributed by atoms with Crippen molar-refractivity contribution in [1.82, 2.24) is 16.0 Å². The highest BCUT2D eigenvalue weighted by atomic mass is 16.3. The van der Waals surface area contributed by atoms with E-state index in [2.05, 4.69) is 20.9 Å². The van der Waals surface area contributed by atoms with E-state index in [4.69, 9.17) is 11.5 Å². The van der Waals surface area contributed by atoms with Crippen LogP contribution in [-0.4, -0.2) is 76.1 Å². The van der Waals surface area contributed by atoms with Crippen LogP contribution >= 0.6 is 0 Å². The van der Waals surface area contributed by atoms with Crippen LogP contribution in [0.3, 0.4) is 0 Å². The molecular formula is C30H42N6O7. The largest absolute Gasteiger partial charge is 0.508 e. The van der Waals surface area contributed by atoms with Crippen LogP contribution in [0.1, 0.15) is 44.2 Å². The second-order valence-corrected chi connectivity index (χ2v) is 10.6. The molecule has 2 rings (SSSR count). The quantitative estimate of drug-likeness (QED) is 0.0529. The molecule has 0 bridgehead atoms. The highest BCUT2D eigenvalue weighted by molar-refractivity contribution is 5.93. The van der Waals surface area contributed by atoms with Gasteiger partial charge in [-0.15, -0.1) is 0 Å². The lowest BCUT2D eigenvalue weighted by Gasteiger charge is -2.27. The van der Waals surface area contributed by atoms with Gasteiger partial charge in [-0.3, -0.25) is 19.4 Å². The van der Waals surface area contributed by atoms with Gasteiger partial charge in [0.25, 0.3) is 0 Å². The van der Waals surface area contributed by atoms with Gasteiger partial charge in [0.2, 0.25) is 17.7 Å². The minimum absolute atomic E-state index is 0.0443. The highest BCUT2D eigenvalue weighted by Crippen LogP contribution is 2.14. The zero-order valence-corrected chi connectivity index (χ0v) is 24.4. The van der Waals surface area contributed by atoms with Crippen molar-refractivity contribution in [2.75, 3.05) is 6.54 Å². The number of aliphatic hydroxyl groups is 1. The standard InChI is InChI=1S/C30H42N6O7/c1-18(2)26(29(43)34-21(17-37)4-3-15-33-30(31)32)36-27(41)24(14-9-19-5-10-22(38)11-6-19)35-28(42)25(40)16-20-7-12-23(39)13-8-20/h5-8,10-13,17-18,21,24-26,38-40H,3-4,9,14-16H2,1-2H3,(H,34,43)(H,35,42)(H,36,41)(H4,31,32,33). The number of aromatic hydroxyl groups is 2. The summed E-state index contributed by atoms with van der Waals surface area (Å²) in [7, 11) is 0. The lowest BCUT2D eigenvalue weighted by Crippen LogP contribution is -2.57. The van der Waals surface area contributed by atoms with Crippen molar-refractivity contribution < 1.29 is 34.5 Å². The lowest BCUT2D eigenvalue weighted by atomic mass is 10.00. The average Bonchev–Trinajstić information content (AvgIpc) is 2.96. The molecule has 13 nitrogen and oxygen atoms in total. The molecule has 13 heteroatoms. The molecule has 10 N–H and O–H groups in total. The molecule has 0 fully saturated rings. The van der Waals surface area contributed by atoms with Crippen LogP contribution in [0.15, 0.2) is 53.5 Å². The van der Waals surface area contributed by atoms with E-state index in [0.717, 1.165) is 5.56 Å². The summed E-state index contributed by atoms with van der Waals surface area (Å²) < 4.78 is 0. The molecule has 0 heterocycles. The van der Waals surface area contributed by atoms with Crippen LogP contribution in [-0.2, 0) is 32.0 Å². The first-order valence-corrected chi connectivity index (χ1v) is 14.0. The minimum Gasteiger partial charge on any atom is -0.508 e. The molecule has 4 unspecified atom stereocenters. The van der Waals surface area contributed by atoms with Gasteiger partial charge in [0.15, 0.2) is 5.96 Å². The number of carbonyl (C=O) groups is 4. The van der Waals surface area contributed by atoms with Crippen molar-refractivity contribution in [3.05, 3.63) is 59.7 Å². The van der Waals surface area contributed by atoms with Crippen molar-refractivity contribution in [2.24, 2.45) is 22.4 Å². The fourth-order valence-corrected chi connectivity index (χ4v) is 4.21. The molecule has 0 radical (unpaired) electrons. The van der Waals surface area contributed by atoms with Crippen molar-refractivity contribution in [3.8, 4) is 11.5 Å². The molecular weight excluding hydrogens is 556 g/mol. The second-order valence-electron chi connectivity index (χ2n) is 10.6. The smallest absolute Gasteiger partial charge is 0.249 e. The van der Waals surface area contributed by atoms with Crippen LogP contribution in [0.4, 0.5) is 0 Å². The summed E-state index contributed by atoms with van der Waals surface area (Å²) in [4.78, 5) is 54.9. The fourth-order valence-electron chi connectivity index (χ4n) is 4.21. The molecule has 4 atom stereocenters. The Morgan fingerprint density at radius 1 is 0.837 bits per heavy atom. The van der Waals surface area contributed by atoms with Gasteiger partial charge in [0.05, 0.1) is 6.04 Å². The summed E-state index contributed by atoms with van der Waals surface area (Å²) in [5, 5.41) is 37.5. The molecule has 43 heavy (non-hydrogen) atoms. The third-order valence-electron chi connectivity index (χ3n) is 6.67. The van der Waals surface area contributed by atoms with Crippen LogP contribution in [0, 0.1) is 5.92 Å². The maximum atomic E-state index is 13.5. The Morgan fingerprint density at radius 3 is 1.95 bits per heavy atom. The van der Waals surface area contributed by atoms with E-state index in [9.17, 15) is 34.5 Å². The third kappa shape index (κ3) is 12.4. The van der Waals surface area contributed by atoms with Gasteiger partial charge in [-0.05, 0) is 67.0 Å². The fraction of sp³-hybridized carbons (Fsp3) is 0.433. The van der Waals surface area contributed by atoms with E-state index in [-0.39, 0.29) is 49.2 Å². The van der Waals surface area contributed by atoms with Crippen molar-refractivity contribution in [3.63, 3.8) is 0 Å². The van der Waals surface area contributed by atoms with Crippen LogP contribution in [0.25, 0.3) is 0 Å². The molecule has 234 valence electrons. The molecule has 2 aromatic carbocycles. The number of phenols is 2. The second kappa shape index (κ2) is 17.3. The lowest BCUT2D eigenvalue weighted by molar-refractivity contribution is -0.136. The zero-order chi connectivity index (χ0) is 31.9. The number of aldehydes is 1. The van der Waals surface area contributed by atoms with E-state index >= 15 is 0 Å². The summed E-state index contributed by atoms with van der Waals surface area (Å²) >= 11 is 0. The number of carbonyl (C=O) groups excluding carboxylic acids is 4. The summed E-state index contributed by atoms with van der Waals surface area (Å²) in [6, 6.07) is 9.42. The van der Waals surface area contributed by atoms with Gasteiger partial charge < -0.3 is 47.5 Å². The van der Waals surface area contributed by atoms with E-state index in [1.807, 2.05) is 0 Å². The van der Waals surface area contributed by atoms with Gasteiger partial charge >= 0.3 is 0 Å². The first-order chi connectivity index (χ1) is 20.4. The molecule has 0 aliphatic rings. The normalized spacial score (nSPS) is 13.7. The van der Waals surface area contributed by atoms with Crippen LogP contribution in [0.2, 0.25) is 0 Å². The number of nitrogens with two attached hydrogens (primary N) is 2. The van der Waals surface area contributed by atoms with Gasteiger partial charge in [-0.25, -0.2) is 0 Å². The Kier molecular flexibility index (Phi) is 13.9. The number of aliphatic imine (C=N–C) groups is 1. The third-order valence-corrected chi connectivity index (χ3v) is 6.67. The van der Waals surface area contributed by atoms with Crippen LogP contribution < -0.4 is 27.4 Å². The Hall–Kier alpha value is -4.65. The van der Waals surface area contributed by atoms with Gasteiger partial charge in [-0.2, -0.15) is 0 Å². The number of aliphatic hydroxyl groups excluding tert-OH is 1. The molecule has 0 saturated heterocycles. The predicted molar refractivity (Wildman–Crippen MR) is 161 cm³/mol. The maximum absolute atomic E-state index is 13.5. The Labute approximate surface area is 250 Å².